The van der Waals surface area contributed by atoms with Crippen LogP contribution in [0.4, 0.5) is 0 Å². The van der Waals surface area contributed by atoms with E-state index < -0.39 is 0 Å². The second-order valence-electron chi connectivity index (χ2n) is 6.02. The summed E-state index contributed by atoms with van der Waals surface area (Å²) in [7, 11) is 1.77. The fourth-order valence-electron chi connectivity index (χ4n) is 2.87. The Morgan fingerprint density at radius 3 is 2.75 bits per heavy atom. The highest BCUT2D eigenvalue weighted by Crippen LogP contribution is 2.23. The van der Waals surface area contributed by atoms with E-state index in [0.717, 1.165) is 6.42 Å². The number of hydrogen-bond acceptors (Lipinski definition) is 3. The van der Waals surface area contributed by atoms with Gasteiger partial charge in [0.05, 0.1) is 6.54 Å². The van der Waals surface area contributed by atoms with Crippen LogP contribution in [0.5, 0.6) is 5.75 Å². The maximum Gasteiger partial charge on any atom is 0.270 e. The third-order valence-electron chi connectivity index (χ3n) is 4.16. The van der Waals surface area contributed by atoms with Crippen LogP contribution < -0.4 is 4.74 Å². The Morgan fingerprint density at radius 1 is 1.29 bits per heavy atom. The first-order valence-electron chi connectivity index (χ1n) is 7.83. The molecule has 0 N–H and O–H groups in total. The van der Waals surface area contributed by atoms with E-state index in [1.807, 2.05) is 12.1 Å². The minimum atomic E-state index is -0.0813. The Kier molecular flexibility index (Phi) is 4.62. The van der Waals surface area contributed by atoms with Crippen LogP contribution in [0.15, 0.2) is 36.5 Å². The summed E-state index contributed by atoms with van der Waals surface area (Å²) < 4.78 is 7.61. The Labute approximate surface area is 145 Å². The van der Waals surface area contributed by atoms with Crippen molar-refractivity contribution in [3.8, 4) is 5.75 Å². The molecular formula is C18H19ClN2O3. The molecule has 1 aliphatic rings. The van der Waals surface area contributed by atoms with E-state index in [-0.39, 0.29) is 17.8 Å². The molecule has 0 bridgehead atoms. The second-order valence-corrected chi connectivity index (χ2v) is 6.45. The van der Waals surface area contributed by atoms with Crippen LogP contribution in [0.3, 0.4) is 0 Å². The van der Waals surface area contributed by atoms with Crippen LogP contribution in [0.25, 0.3) is 0 Å². The summed E-state index contributed by atoms with van der Waals surface area (Å²) in [5.74, 6) is 0.579. The van der Waals surface area contributed by atoms with Gasteiger partial charge in [0.2, 0.25) is 0 Å². The zero-order chi connectivity index (χ0) is 17.3. The third-order valence-corrected chi connectivity index (χ3v) is 4.40. The molecule has 1 amide bonds. The van der Waals surface area contributed by atoms with Crippen molar-refractivity contribution in [3.05, 3.63) is 52.8 Å². The summed E-state index contributed by atoms with van der Waals surface area (Å²) in [5.41, 5.74) is 1.07. The van der Waals surface area contributed by atoms with Gasteiger partial charge >= 0.3 is 0 Å². The van der Waals surface area contributed by atoms with Gasteiger partial charge in [0.15, 0.2) is 5.78 Å². The van der Waals surface area contributed by atoms with Gasteiger partial charge in [-0.15, -0.1) is 0 Å². The van der Waals surface area contributed by atoms with Gasteiger partial charge in [-0.2, -0.15) is 0 Å². The molecule has 0 unspecified atom stereocenters. The number of ketones is 1. The molecule has 2 aromatic rings. The Bertz CT molecular complexity index is 784. The number of hydrogen-bond donors (Lipinski definition) is 0. The first-order valence-corrected chi connectivity index (χ1v) is 8.20. The molecule has 1 saturated heterocycles. The average molecular weight is 347 g/mol. The number of nitrogens with zero attached hydrogens (tertiary/aromatic N) is 2. The fraction of sp³-hybridized carbons (Fsp3) is 0.333. The molecule has 126 valence electrons. The monoisotopic (exact) mass is 346 g/mol. The largest absolute Gasteiger partial charge is 0.488 e. The molecule has 24 heavy (non-hydrogen) atoms. The van der Waals surface area contributed by atoms with Gasteiger partial charge in [0.1, 0.15) is 17.5 Å². The molecule has 0 aliphatic carbocycles. The Hall–Kier alpha value is -2.27. The molecule has 3 rings (SSSR count). The Balaban J connectivity index is 1.67. The summed E-state index contributed by atoms with van der Waals surface area (Å²) in [5, 5.41) is 0.624. The van der Waals surface area contributed by atoms with E-state index >= 15 is 0 Å². The molecule has 1 atom stereocenters. The highest BCUT2D eigenvalue weighted by atomic mass is 35.5. The van der Waals surface area contributed by atoms with Crippen LogP contribution in [-0.4, -0.2) is 40.4 Å². The minimum absolute atomic E-state index is 0.0479. The molecule has 2 heterocycles. The van der Waals surface area contributed by atoms with Gasteiger partial charge in [-0.1, -0.05) is 17.7 Å². The molecule has 0 radical (unpaired) electrons. The first-order chi connectivity index (χ1) is 11.4. The zero-order valence-electron chi connectivity index (χ0n) is 13.7. The van der Waals surface area contributed by atoms with Crippen molar-refractivity contribution < 1.29 is 14.3 Å². The number of benzene rings is 1. The normalized spacial score (nSPS) is 17.1. The van der Waals surface area contributed by atoms with Gasteiger partial charge in [0.25, 0.3) is 5.91 Å². The van der Waals surface area contributed by atoms with Crippen molar-refractivity contribution in [3.63, 3.8) is 0 Å². The molecule has 6 heteroatoms. The number of halogens is 1. The van der Waals surface area contributed by atoms with E-state index in [1.54, 1.807) is 40.9 Å². The van der Waals surface area contributed by atoms with Gasteiger partial charge < -0.3 is 14.2 Å². The summed E-state index contributed by atoms with van der Waals surface area (Å²) >= 11 is 5.96. The van der Waals surface area contributed by atoms with Crippen molar-refractivity contribution in [2.75, 3.05) is 13.1 Å². The highest BCUT2D eigenvalue weighted by molar-refractivity contribution is 6.30. The average Bonchev–Trinajstić information content (AvgIpc) is 3.13. The number of amides is 1. The number of carbonyl (C=O) groups is 2. The zero-order valence-corrected chi connectivity index (χ0v) is 14.4. The summed E-state index contributed by atoms with van der Waals surface area (Å²) in [6.45, 7) is 2.64. The lowest BCUT2D eigenvalue weighted by molar-refractivity contribution is 0.0763. The van der Waals surface area contributed by atoms with E-state index in [9.17, 15) is 9.59 Å². The van der Waals surface area contributed by atoms with E-state index in [1.165, 1.54) is 6.92 Å². The fourth-order valence-corrected chi connectivity index (χ4v) is 3.05. The smallest absolute Gasteiger partial charge is 0.270 e. The number of likely N-dealkylation sites (tertiary alicyclic amines) is 1. The summed E-state index contributed by atoms with van der Waals surface area (Å²) in [6, 6.07) is 8.90. The third kappa shape index (κ3) is 3.46. The predicted octanol–water partition coefficient (Wildman–Crippen LogP) is 3.17. The Morgan fingerprint density at radius 2 is 2.08 bits per heavy atom. The quantitative estimate of drug-likeness (QED) is 0.799. The SMILES string of the molecule is CC(=O)c1cc(C(=O)N2CC[C@H](Oc3cccc(Cl)c3)C2)n(C)c1. The molecular weight excluding hydrogens is 328 g/mol. The summed E-state index contributed by atoms with van der Waals surface area (Å²) in [6.07, 6.45) is 2.40. The lowest BCUT2D eigenvalue weighted by Gasteiger charge is -2.17. The standard InChI is InChI=1S/C18H19ClN2O3/c1-12(22)13-8-17(20(2)10-13)18(23)21-7-6-16(11-21)24-15-5-3-4-14(19)9-15/h3-5,8-10,16H,6-7,11H2,1-2H3/t16-/m0/s1. The molecule has 1 aromatic carbocycles. The molecule has 0 saturated carbocycles. The van der Waals surface area contributed by atoms with Crippen molar-refractivity contribution in [1.29, 1.82) is 0 Å². The van der Waals surface area contributed by atoms with Crippen molar-refractivity contribution in [2.45, 2.75) is 19.4 Å². The second kappa shape index (κ2) is 6.69. The lowest BCUT2D eigenvalue weighted by atomic mass is 10.2. The van der Waals surface area contributed by atoms with Crippen LogP contribution in [-0.2, 0) is 7.05 Å². The molecule has 1 aromatic heterocycles. The number of rotatable bonds is 4. The number of Topliss-reactive ketones (excluding diaryl/α,β-unsaturated/α-hetero) is 1. The molecule has 1 aliphatic heterocycles. The van der Waals surface area contributed by atoms with Gasteiger partial charge in [0, 0.05) is 36.8 Å². The van der Waals surface area contributed by atoms with Crippen LogP contribution in [0.2, 0.25) is 5.02 Å². The van der Waals surface area contributed by atoms with Crippen LogP contribution in [0.1, 0.15) is 34.2 Å². The maximum absolute atomic E-state index is 12.7. The van der Waals surface area contributed by atoms with E-state index in [0.29, 0.717) is 35.1 Å². The van der Waals surface area contributed by atoms with Gasteiger partial charge in [-0.3, -0.25) is 9.59 Å². The van der Waals surface area contributed by atoms with Gasteiger partial charge in [-0.05, 0) is 31.2 Å². The van der Waals surface area contributed by atoms with Crippen LogP contribution >= 0.6 is 11.6 Å². The highest BCUT2D eigenvalue weighted by Gasteiger charge is 2.29. The number of carbonyl (C=O) groups excluding carboxylic acids is 2. The van der Waals surface area contributed by atoms with Gasteiger partial charge in [-0.25, -0.2) is 0 Å². The summed E-state index contributed by atoms with van der Waals surface area (Å²) in [4.78, 5) is 25.9. The molecule has 1 fully saturated rings. The topological polar surface area (TPSA) is 51.5 Å². The molecule has 0 spiro atoms. The maximum atomic E-state index is 12.7. The van der Waals surface area contributed by atoms with Crippen molar-refractivity contribution >= 4 is 23.3 Å². The predicted molar refractivity (Wildman–Crippen MR) is 91.8 cm³/mol. The van der Waals surface area contributed by atoms with E-state index in [2.05, 4.69) is 0 Å². The van der Waals surface area contributed by atoms with Crippen molar-refractivity contribution in [2.24, 2.45) is 7.05 Å². The van der Waals surface area contributed by atoms with Crippen LogP contribution in [0, 0.1) is 0 Å². The number of ether oxygens (including phenoxy) is 1. The first kappa shape index (κ1) is 16.6. The van der Waals surface area contributed by atoms with Crippen molar-refractivity contribution in [1.82, 2.24) is 9.47 Å². The minimum Gasteiger partial charge on any atom is -0.488 e. The molecule has 5 nitrogen and oxygen atoms in total. The number of aryl methyl sites for hydroxylation is 1. The van der Waals surface area contributed by atoms with E-state index in [4.69, 9.17) is 16.3 Å². The lowest BCUT2D eigenvalue weighted by Crippen LogP contribution is -2.32. The number of aromatic nitrogens is 1.